The molecule has 0 aliphatic carbocycles. The van der Waals surface area contributed by atoms with E-state index < -0.39 is 60.2 Å². The highest BCUT2D eigenvalue weighted by Crippen LogP contribution is 2.19. The van der Waals surface area contributed by atoms with E-state index in [1.54, 1.807) is 44.2 Å². The Bertz CT molecular complexity index is 1460. The maximum absolute atomic E-state index is 14.0. The summed E-state index contributed by atoms with van der Waals surface area (Å²) in [5.74, 6) is -3.59. The molecule has 0 saturated heterocycles. The third-order valence-electron chi connectivity index (χ3n) is 6.49. The van der Waals surface area contributed by atoms with Gasteiger partial charge in [0.1, 0.15) is 17.6 Å². The molecule has 0 saturated carbocycles. The van der Waals surface area contributed by atoms with Gasteiger partial charge >= 0.3 is 12.1 Å². The predicted molar refractivity (Wildman–Crippen MR) is 155 cm³/mol. The molecule has 3 atom stereocenters. The van der Waals surface area contributed by atoms with Crippen LogP contribution in [0.25, 0.3) is 11.0 Å². The van der Waals surface area contributed by atoms with Crippen molar-refractivity contribution < 1.29 is 42.9 Å². The Kier molecular flexibility index (Phi) is 12.1. The molecule has 1 heterocycles. The molecule has 0 fully saturated rings. The predicted octanol–water partition coefficient (Wildman–Crippen LogP) is 2.13. The minimum absolute atomic E-state index is 0.0395. The van der Waals surface area contributed by atoms with Crippen LogP contribution in [-0.2, 0) is 30.2 Å². The lowest BCUT2D eigenvalue weighted by Gasteiger charge is -2.27. The van der Waals surface area contributed by atoms with Gasteiger partial charge in [0, 0.05) is 12.3 Å². The lowest BCUT2D eigenvalue weighted by molar-refractivity contribution is -0.174. The van der Waals surface area contributed by atoms with Crippen molar-refractivity contribution in [3.8, 4) is 0 Å². The van der Waals surface area contributed by atoms with Crippen LogP contribution in [0.3, 0.4) is 0 Å². The fourth-order valence-corrected chi connectivity index (χ4v) is 4.18. The molecule has 6 N–H and O–H groups in total. The number of ether oxygens (including phenoxy) is 3. The van der Waals surface area contributed by atoms with E-state index in [-0.39, 0.29) is 38.0 Å². The number of nitrogens with one attached hydrogen (secondary N) is 1. The Morgan fingerprint density at radius 2 is 1.77 bits per heavy atom. The minimum atomic E-state index is -1.76. The molecule has 3 aromatic rings. The highest BCUT2D eigenvalue weighted by atomic mass is 19.1. The second-order valence-corrected chi connectivity index (χ2v) is 10.7. The molecule has 1 aromatic heterocycles. The number of hydrogen-bond acceptors (Lipinski definition) is 11. The van der Waals surface area contributed by atoms with E-state index in [0.29, 0.717) is 16.6 Å². The molecule has 2 amide bonds. The van der Waals surface area contributed by atoms with Crippen LogP contribution in [0.4, 0.5) is 9.18 Å². The second-order valence-electron chi connectivity index (χ2n) is 10.7. The van der Waals surface area contributed by atoms with Crippen LogP contribution in [0.5, 0.6) is 0 Å². The van der Waals surface area contributed by atoms with Gasteiger partial charge in [-0.2, -0.15) is 0 Å². The number of amides is 2. The van der Waals surface area contributed by atoms with Crippen molar-refractivity contribution in [1.82, 2.24) is 15.3 Å². The third-order valence-corrected chi connectivity index (χ3v) is 6.49. The quantitative estimate of drug-likeness (QED) is 0.144. The number of rotatable bonds is 15. The summed E-state index contributed by atoms with van der Waals surface area (Å²) < 4.78 is 29.6. The molecule has 0 spiro atoms. The number of halogens is 1. The normalized spacial score (nSPS) is 13.4. The van der Waals surface area contributed by atoms with Crippen molar-refractivity contribution in [3.05, 3.63) is 71.8 Å². The minimum Gasteiger partial charge on any atom is -0.434 e. The number of carbonyl (C=O) groups is 4. The molecule has 0 aliphatic heterocycles. The van der Waals surface area contributed by atoms with Gasteiger partial charge in [0.2, 0.25) is 5.91 Å². The van der Waals surface area contributed by atoms with Gasteiger partial charge in [-0.05, 0) is 62.9 Å². The van der Waals surface area contributed by atoms with Gasteiger partial charge in [0.15, 0.2) is 0 Å². The first-order chi connectivity index (χ1) is 20.8. The van der Waals surface area contributed by atoms with Crippen molar-refractivity contribution in [2.24, 2.45) is 17.4 Å². The van der Waals surface area contributed by atoms with E-state index in [1.807, 2.05) is 0 Å². The maximum Gasteiger partial charge on any atom is 0.511 e. The first-order valence-corrected chi connectivity index (χ1v) is 13.9. The summed E-state index contributed by atoms with van der Waals surface area (Å²) in [4.78, 5) is 58.5. The standard InChI is InChI=1S/C30H36FN5O8/c1-30(2,41)12-10-19(26(33)38)11-13-42-29(40)44-28(43-25(37)16-32)23(15-18-6-5-7-20(31)14-18)36-27(39)24-17-34-21-8-3-4-9-22(21)35-24/h3-9,14,17,19,23,28,41H,10-13,15-16,32H2,1-2H3,(H2,33,38)(H,36,39)/t19-,23+,28+/m1/s1. The van der Waals surface area contributed by atoms with Gasteiger partial charge in [0.25, 0.3) is 12.2 Å². The summed E-state index contributed by atoms with van der Waals surface area (Å²) in [6, 6.07) is 11.1. The van der Waals surface area contributed by atoms with Crippen molar-refractivity contribution >= 4 is 35.0 Å². The molecular formula is C30H36FN5O8. The number of aromatic nitrogens is 2. The van der Waals surface area contributed by atoms with Gasteiger partial charge in [0.05, 0.1) is 36.0 Å². The van der Waals surface area contributed by atoms with E-state index >= 15 is 0 Å². The largest absolute Gasteiger partial charge is 0.511 e. The summed E-state index contributed by atoms with van der Waals surface area (Å²) in [6.45, 7) is 2.32. The number of primary amides is 1. The van der Waals surface area contributed by atoms with Crippen molar-refractivity contribution in [2.75, 3.05) is 13.2 Å². The van der Waals surface area contributed by atoms with Gasteiger partial charge in [-0.3, -0.25) is 19.4 Å². The molecule has 0 bridgehead atoms. The van der Waals surface area contributed by atoms with Crippen LogP contribution in [0.2, 0.25) is 0 Å². The number of carbonyl (C=O) groups excluding carboxylic acids is 4. The SMILES string of the molecule is CC(C)(O)CC[C@H](CCOC(=O)O[C@H](OC(=O)CN)[C@H](Cc1cccc(F)c1)NC(=O)c1cnc2ccccc2n1)C(N)=O. The highest BCUT2D eigenvalue weighted by molar-refractivity contribution is 5.94. The van der Waals surface area contributed by atoms with E-state index in [0.717, 1.165) is 0 Å². The molecule has 3 rings (SSSR count). The number of nitrogens with zero attached hydrogens (tertiary/aromatic N) is 2. The van der Waals surface area contributed by atoms with Crippen LogP contribution < -0.4 is 16.8 Å². The highest BCUT2D eigenvalue weighted by Gasteiger charge is 2.32. The second kappa shape index (κ2) is 15.7. The third kappa shape index (κ3) is 10.9. The summed E-state index contributed by atoms with van der Waals surface area (Å²) in [6.07, 6.45) is -1.37. The zero-order valence-electron chi connectivity index (χ0n) is 24.4. The van der Waals surface area contributed by atoms with Crippen LogP contribution in [0, 0.1) is 11.7 Å². The summed E-state index contributed by atoms with van der Waals surface area (Å²) in [5.41, 5.74) is 11.1. The molecular weight excluding hydrogens is 577 g/mol. The lowest BCUT2D eigenvalue weighted by Crippen LogP contribution is -2.49. The lowest BCUT2D eigenvalue weighted by atomic mass is 9.92. The van der Waals surface area contributed by atoms with Crippen molar-refractivity contribution in [2.45, 2.75) is 57.5 Å². The molecule has 13 nitrogen and oxygen atoms in total. The molecule has 14 heteroatoms. The van der Waals surface area contributed by atoms with Gasteiger partial charge < -0.3 is 36.1 Å². The first-order valence-electron chi connectivity index (χ1n) is 13.9. The van der Waals surface area contributed by atoms with Crippen molar-refractivity contribution in [3.63, 3.8) is 0 Å². The van der Waals surface area contributed by atoms with Crippen LogP contribution >= 0.6 is 0 Å². The van der Waals surface area contributed by atoms with E-state index in [9.17, 15) is 28.7 Å². The van der Waals surface area contributed by atoms with Gasteiger partial charge in [-0.1, -0.05) is 24.3 Å². The summed E-state index contributed by atoms with van der Waals surface area (Å²) in [5, 5.41) is 12.6. The van der Waals surface area contributed by atoms with Crippen LogP contribution in [0.1, 0.15) is 49.2 Å². The first kappa shape index (κ1) is 33.8. The number of fused-ring (bicyclic) bond motifs is 1. The average Bonchev–Trinajstić information content (AvgIpc) is 2.97. The zero-order valence-corrected chi connectivity index (χ0v) is 24.4. The number of hydrogen-bond donors (Lipinski definition) is 4. The van der Waals surface area contributed by atoms with E-state index in [1.165, 1.54) is 24.4 Å². The Balaban J connectivity index is 1.79. The van der Waals surface area contributed by atoms with Crippen LogP contribution in [-0.4, -0.2) is 70.1 Å². The van der Waals surface area contributed by atoms with Gasteiger partial charge in [-0.25, -0.2) is 14.2 Å². The molecule has 2 aromatic carbocycles. The maximum atomic E-state index is 14.0. The summed E-state index contributed by atoms with van der Waals surface area (Å²) in [7, 11) is 0. The molecule has 0 radical (unpaired) electrons. The summed E-state index contributed by atoms with van der Waals surface area (Å²) >= 11 is 0. The smallest absolute Gasteiger partial charge is 0.434 e. The Morgan fingerprint density at radius 1 is 1.05 bits per heavy atom. The number of para-hydroxylation sites is 2. The molecule has 44 heavy (non-hydrogen) atoms. The fourth-order valence-electron chi connectivity index (χ4n) is 4.18. The number of nitrogens with two attached hydrogens (primary N) is 2. The average molecular weight is 614 g/mol. The van der Waals surface area contributed by atoms with E-state index in [2.05, 4.69) is 15.3 Å². The number of benzene rings is 2. The zero-order chi connectivity index (χ0) is 32.3. The number of esters is 1. The Labute approximate surface area is 253 Å². The monoisotopic (exact) mass is 613 g/mol. The topological polar surface area (TPSA) is 206 Å². The molecule has 0 aliphatic rings. The van der Waals surface area contributed by atoms with Crippen molar-refractivity contribution in [1.29, 1.82) is 0 Å². The van der Waals surface area contributed by atoms with E-state index in [4.69, 9.17) is 25.7 Å². The van der Waals surface area contributed by atoms with Crippen LogP contribution in [0.15, 0.2) is 54.7 Å². The van der Waals surface area contributed by atoms with Gasteiger partial charge in [-0.15, -0.1) is 0 Å². The molecule has 236 valence electrons. The number of aliphatic hydroxyl groups is 1. The fraction of sp³-hybridized carbons (Fsp3) is 0.400. The Morgan fingerprint density at radius 3 is 2.43 bits per heavy atom. The Hall–Kier alpha value is -4.69. The molecule has 0 unspecified atom stereocenters.